The molecule has 0 bridgehead atoms. The third-order valence-electron chi connectivity index (χ3n) is 4.19. The van der Waals surface area contributed by atoms with Gasteiger partial charge in [0, 0.05) is 4.47 Å². The Labute approximate surface area is 198 Å². The lowest BCUT2D eigenvalue weighted by molar-refractivity contribution is -0.166. The van der Waals surface area contributed by atoms with Crippen LogP contribution < -0.4 is 5.32 Å². The zero-order chi connectivity index (χ0) is 22.2. The van der Waals surface area contributed by atoms with Gasteiger partial charge in [-0.1, -0.05) is 87.7 Å². The second kappa shape index (κ2) is 11.2. The lowest BCUT2D eigenvalue weighted by Crippen LogP contribution is -2.36. The van der Waals surface area contributed by atoms with Gasteiger partial charge in [0.05, 0.1) is 22.2 Å². The molecular formula is C23H18BrCl2NO4. The second-order valence-electron chi connectivity index (χ2n) is 6.51. The molecule has 0 fully saturated rings. The molecule has 8 heteroatoms. The van der Waals surface area contributed by atoms with E-state index in [4.69, 9.17) is 32.7 Å². The van der Waals surface area contributed by atoms with Crippen molar-refractivity contribution in [2.45, 2.75) is 19.3 Å². The molecule has 0 spiro atoms. The summed E-state index contributed by atoms with van der Waals surface area (Å²) in [6.45, 7) is 0.0107. The van der Waals surface area contributed by atoms with Gasteiger partial charge in [-0.15, -0.1) is 0 Å². The van der Waals surface area contributed by atoms with Gasteiger partial charge in [0.15, 0.2) is 0 Å². The number of nitrogens with one attached hydrogen (secondary N) is 1. The minimum atomic E-state index is -1.43. The molecule has 160 valence electrons. The molecule has 0 aliphatic rings. The summed E-state index contributed by atoms with van der Waals surface area (Å²) >= 11 is 15.7. The van der Waals surface area contributed by atoms with Crippen LogP contribution >= 0.6 is 39.1 Å². The minimum absolute atomic E-state index is 0.00470. The fraction of sp³-hybridized carbons (Fsp3) is 0.130. The largest absolute Gasteiger partial charge is 0.457 e. The first-order valence-electron chi connectivity index (χ1n) is 9.27. The highest BCUT2D eigenvalue weighted by molar-refractivity contribution is 9.10. The molecule has 0 aromatic heterocycles. The summed E-state index contributed by atoms with van der Waals surface area (Å²) in [5.74, 6) is -1.38. The van der Waals surface area contributed by atoms with E-state index in [1.165, 1.54) is 0 Å². The van der Waals surface area contributed by atoms with Crippen molar-refractivity contribution < 1.29 is 19.1 Å². The van der Waals surface area contributed by atoms with Gasteiger partial charge < -0.3 is 14.8 Å². The first-order chi connectivity index (χ1) is 14.9. The predicted octanol–water partition coefficient (Wildman–Crippen LogP) is 6.02. The van der Waals surface area contributed by atoms with Crippen LogP contribution in [0, 0.1) is 0 Å². The molecule has 0 saturated carbocycles. The van der Waals surface area contributed by atoms with E-state index in [0.717, 1.165) is 15.6 Å². The second-order valence-corrected chi connectivity index (χ2v) is 8.24. The summed E-state index contributed by atoms with van der Waals surface area (Å²) in [6.07, 6.45) is -1.43. The smallest absolute Gasteiger partial charge is 0.369 e. The van der Waals surface area contributed by atoms with Crippen molar-refractivity contribution in [3.05, 3.63) is 98.4 Å². The Morgan fingerprint density at radius 1 is 0.871 bits per heavy atom. The molecule has 0 saturated heterocycles. The van der Waals surface area contributed by atoms with Gasteiger partial charge in [0.1, 0.15) is 6.61 Å². The summed E-state index contributed by atoms with van der Waals surface area (Å²) in [5, 5.41) is 3.34. The molecule has 1 unspecified atom stereocenters. The van der Waals surface area contributed by atoms with E-state index in [-0.39, 0.29) is 28.8 Å². The topological polar surface area (TPSA) is 64.6 Å². The van der Waals surface area contributed by atoms with E-state index < -0.39 is 18.2 Å². The average Bonchev–Trinajstić information content (AvgIpc) is 2.75. The third-order valence-corrected chi connectivity index (χ3v) is 5.35. The molecule has 3 rings (SSSR count). The van der Waals surface area contributed by atoms with Gasteiger partial charge in [-0.25, -0.2) is 4.79 Å². The monoisotopic (exact) mass is 521 g/mol. The Morgan fingerprint density at radius 2 is 1.52 bits per heavy atom. The predicted molar refractivity (Wildman–Crippen MR) is 124 cm³/mol. The number of benzene rings is 3. The Morgan fingerprint density at radius 3 is 2.16 bits per heavy atom. The number of carbonyl (C=O) groups excluding carboxylic acids is 2. The molecule has 1 atom stereocenters. The van der Waals surface area contributed by atoms with Gasteiger partial charge >= 0.3 is 11.9 Å². The summed E-state index contributed by atoms with van der Waals surface area (Å²) in [4.78, 5) is 25.2. The maximum Gasteiger partial charge on any atom is 0.369 e. The maximum absolute atomic E-state index is 12.7. The number of ether oxygens (including phenoxy) is 2. The van der Waals surface area contributed by atoms with Gasteiger partial charge in [-0.05, 0) is 35.4 Å². The van der Waals surface area contributed by atoms with E-state index in [2.05, 4.69) is 21.2 Å². The number of halogens is 3. The number of para-hydroxylation sites is 1. The Bertz CT molecular complexity index is 1020. The summed E-state index contributed by atoms with van der Waals surface area (Å²) < 4.78 is 11.6. The first-order valence-corrected chi connectivity index (χ1v) is 10.8. The zero-order valence-corrected chi connectivity index (χ0v) is 19.3. The van der Waals surface area contributed by atoms with Crippen LogP contribution in [-0.2, 0) is 32.1 Å². The number of hydrogen-bond acceptors (Lipinski definition) is 5. The minimum Gasteiger partial charge on any atom is -0.457 e. The SMILES string of the molecule is O=C(Cc1ccccc1)OC(Nc1c(Cl)cccc1Cl)C(=O)OCc1ccc(Br)cc1. The van der Waals surface area contributed by atoms with E-state index >= 15 is 0 Å². The van der Waals surface area contributed by atoms with Gasteiger partial charge in [0.2, 0.25) is 0 Å². The van der Waals surface area contributed by atoms with Crippen molar-refractivity contribution in [1.82, 2.24) is 0 Å². The van der Waals surface area contributed by atoms with Crippen LogP contribution in [-0.4, -0.2) is 18.2 Å². The lowest BCUT2D eigenvalue weighted by atomic mass is 10.2. The highest BCUT2D eigenvalue weighted by atomic mass is 79.9. The highest BCUT2D eigenvalue weighted by Gasteiger charge is 2.26. The van der Waals surface area contributed by atoms with Crippen LogP contribution in [0.4, 0.5) is 5.69 Å². The summed E-state index contributed by atoms with van der Waals surface area (Å²) in [6, 6.07) is 21.2. The van der Waals surface area contributed by atoms with E-state index in [0.29, 0.717) is 0 Å². The van der Waals surface area contributed by atoms with Crippen molar-refractivity contribution in [1.29, 1.82) is 0 Å². The maximum atomic E-state index is 12.7. The number of carbonyl (C=O) groups is 2. The number of hydrogen-bond donors (Lipinski definition) is 1. The summed E-state index contributed by atoms with van der Waals surface area (Å²) in [7, 11) is 0. The zero-order valence-electron chi connectivity index (χ0n) is 16.2. The van der Waals surface area contributed by atoms with Crippen LogP contribution in [0.2, 0.25) is 10.0 Å². The van der Waals surface area contributed by atoms with Crippen molar-refractivity contribution in [2.75, 3.05) is 5.32 Å². The quantitative estimate of drug-likeness (QED) is 0.289. The van der Waals surface area contributed by atoms with Crippen molar-refractivity contribution in [3.8, 4) is 0 Å². The molecule has 1 N–H and O–H groups in total. The Balaban J connectivity index is 1.73. The van der Waals surface area contributed by atoms with Gasteiger partial charge in [-0.2, -0.15) is 0 Å². The van der Waals surface area contributed by atoms with Crippen LogP contribution in [0.5, 0.6) is 0 Å². The lowest BCUT2D eigenvalue weighted by Gasteiger charge is -2.20. The summed E-state index contributed by atoms with van der Waals surface area (Å²) in [5.41, 5.74) is 1.80. The number of esters is 2. The molecule has 31 heavy (non-hydrogen) atoms. The van der Waals surface area contributed by atoms with Gasteiger partial charge in [-0.3, -0.25) is 4.79 Å². The molecule has 3 aromatic carbocycles. The average molecular weight is 523 g/mol. The molecule has 5 nitrogen and oxygen atoms in total. The van der Waals surface area contributed by atoms with Crippen molar-refractivity contribution >= 4 is 56.8 Å². The van der Waals surface area contributed by atoms with E-state index in [1.807, 2.05) is 42.5 Å². The standard InChI is InChI=1S/C23H18BrCl2NO4/c24-17-11-9-16(10-12-17)14-30-23(29)22(27-21-18(25)7-4-8-19(21)26)31-20(28)13-15-5-2-1-3-6-15/h1-12,22,27H,13-14H2. The van der Waals surface area contributed by atoms with Crippen LogP contribution in [0.3, 0.4) is 0 Å². The molecule has 3 aromatic rings. The molecular weight excluding hydrogens is 505 g/mol. The van der Waals surface area contributed by atoms with Crippen molar-refractivity contribution in [2.24, 2.45) is 0 Å². The van der Waals surface area contributed by atoms with Crippen molar-refractivity contribution in [3.63, 3.8) is 0 Å². The molecule has 0 aliphatic carbocycles. The van der Waals surface area contributed by atoms with Crippen LogP contribution in [0.15, 0.2) is 77.3 Å². The highest BCUT2D eigenvalue weighted by Crippen LogP contribution is 2.30. The fourth-order valence-corrected chi connectivity index (χ4v) is 3.42. The molecule has 0 aliphatic heterocycles. The first kappa shape index (κ1) is 23.1. The van der Waals surface area contributed by atoms with E-state index in [1.54, 1.807) is 30.3 Å². The van der Waals surface area contributed by atoms with E-state index in [9.17, 15) is 9.59 Å². The number of rotatable bonds is 8. The van der Waals surface area contributed by atoms with Crippen LogP contribution in [0.25, 0.3) is 0 Å². The Hall–Kier alpha value is -2.54. The molecule has 0 radical (unpaired) electrons. The van der Waals surface area contributed by atoms with Crippen LogP contribution in [0.1, 0.15) is 11.1 Å². The third kappa shape index (κ3) is 6.99. The van der Waals surface area contributed by atoms with Gasteiger partial charge in [0.25, 0.3) is 6.23 Å². The fourth-order valence-electron chi connectivity index (χ4n) is 2.65. The Kier molecular flexibility index (Phi) is 8.35. The molecule has 0 heterocycles. The normalized spacial score (nSPS) is 11.5. The number of anilines is 1. The molecule has 0 amide bonds.